The Hall–Kier alpha value is -1.64. The van der Waals surface area contributed by atoms with Crippen LogP contribution in [-0.4, -0.2) is 24.3 Å². The van der Waals surface area contributed by atoms with Crippen LogP contribution < -0.4 is 0 Å². The highest BCUT2D eigenvalue weighted by Crippen LogP contribution is 2.18. The molecule has 3 heteroatoms. The molecule has 78 valence electrons. The highest BCUT2D eigenvalue weighted by Gasteiger charge is 2.35. The topological polar surface area (TPSA) is 38.7 Å². The van der Waals surface area contributed by atoms with Crippen molar-refractivity contribution in [3.8, 4) is 0 Å². The number of aliphatic imine (C=N–C) groups is 1. The lowest BCUT2D eigenvalue weighted by atomic mass is 10.1. The third-order valence-corrected chi connectivity index (χ3v) is 2.28. The predicted molar refractivity (Wildman–Crippen MR) is 58.0 cm³/mol. The molecule has 0 unspecified atom stereocenters. The SMILES string of the molecule is CCOC(=O)[C@H]1N=C1Cc1ccccc1. The van der Waals surface area contributed by atoms with Crippen LogP contribution in [0.4, 0.5) is 0 Å². The van der Waals surface area contributed by atoms with Crippen molar-refractivity contribution in [1.29, 1.82) is 0 Å². The monoisotopic (exact) mass is 203 g/mol. The van der Waals surface area contributed by atoms with Crippen molar-refractivity contribution in [3.05, 3.63) is 35.9 Å². The first-order valence-corrected chi connectivity index (χ1v) is 5.08. The third-order valence-electron chi connectivity index (χ3n) is 2.28. The normalized spacial score (nSPS) is 18.2. The zero-order valence-electron chi connectivity index (χ0n) is 8.64. The zero-order chi connectivity index (χ0) is 10.7. The van der Waals surface area contributed by atoms with Crippen LogP contribution in [0.1, 0.15) is 12.5 Å². The van der Waals surface area contributed by atoms with E-state index in [0.717, 1.165) is 12.1 Å². The Labute approximate surface area is 88.8 Å². The van der Waals surface area contributed by atoms with E-state index in [1.807, 2.05) is 30.3 Å². The molecule has 3 nitrogen and oxygen atoms in total. The van der Waals surface area contributed by atoms with E-state index in [-0.39, 0.29) is 12.0 Å². The molecule has 1 aromatic rings. The van der Waals surface area contributed by atoms with Crippen molar-refractivity contribution < 1.29 is 9.53 Å². The Morgan fingerprint density at radius 2 is 2.13 bits per heavy atom. The molecule has 15 heavy (non-hydrogen) atoms. The van der Waals surface area contributed by atoms with Crippen LogP contribution in [0.2, 0.25) is 0 Å². The Morgan fingerprint density at radius 1 is 1.40 bits per heavy atom. The largest absolute Gasteiger partial charge is 0.464 e. The standard InChI is InChI=1S/C12H13NO2/c1-2-15-12(14)11-10(13-11)8-9-6-4-3-5-7-9/h3-7,11H,2,8H2,1H3/t11-/m0/s1. The van der Waals surface area contributed by atoms with Gasteiger partial charge in [0.1, 0.15) is 0 Å². The second kappa shape index (κ2) is 4.26. The molecule has 0 N–H and O–H groups in total. The van der Waals surface area contributed by atoms with E-state index in [2.05, 4.69) is 4.99 Å². The summed E-state index contributed by atoms with van der Waals surface area (Å²) in [4.78, 5) is 15.4. The first kappa shape index (κ1) is 9.90. The minimum Gasteiger partial charge on any atom is -0.464 e. The van der Waals surface area contributed by atoms with Crippen molar-refractivity contribution in [2.75, 3.05) is 6.61 Å². The van der Waals surface area contributed by atoms with Crippen molar-refractivity contribution in [1.82, 2.24) is 0 Å². The number of ether oxygens (including phenoxy) is 1. The molecular weight excluding hydrogens is 190 g/mol. The summed E-state index contributed by atoms with van der Waals surface area (Å²) in [6.07, 6.45) is 0.754. The second-order valence-electron chi connectivity index (χ2n) is 3.44. The number of carbonyl (C=O) groups is 1. The molecule has 0 fully saturated rings. The number of hydrogen-bond acceptors (Lipinski definition) is 3. The summed E-state index contributed by atoms with van der Waals surface area (Å²) in [5, 5.41) is 0. The van der Waals surface area contributed by atoms with Crippen LogP contribution in [0.3, 0.4) is 0 Å². The number of esters is 1. The Balaban J connectivity index is 1.85. The average Bonchev–Trinajstić information content (AvgIpc) is 2.99. The van der Waals surface area contributed by atoms with E-state index in [4.69, 9.17) is 4.74 Å². The van der Waals surface area contributed by atoms with E-state index in [9.17, 15) is 4.79 Å². The minimum atomic E-state index is -0.301. The predicted octanol–water partition coefficient (Wildman–Crippen LogP) is 1.62. The first-order valence-electron chi connectivity index (χ1n) is 5.08. The lowest BCUT2D eigenvalue weighted by molar-refractivity contribution is -0.142. The summed E-state index contributed by atoms with van der Waals surface area (Å²) in [7, 11) is 0. The van der Waals surface area contributed by atoms with E-state index in [1.165, 1.54) is 5.56 Å². The van der Waals surface area contributed by atoms with Gasteiger partial charge in [0.15, 0.2) is 6.04 Å². The summed E-state index contributed by atoms with van der Waals surface area (Å²) in [5.74, 6) is -0.219. The van der Waals surface area contributed by atoms with Gasteiger partial charge in [0, 0.05) is 6.42 Å². The molecule has 0 radical (unpaired) electrons. The first-order chi connectivity index (χ1) is 7.31. The molecule has 0 aliphatic carbocycles. The molecule has 1 aromatic carbocycles. The van der Waals surface area contributed by atoms with E-state index in [1.54, 1.807) is 6.92 Å². The van der Waals surface area contributed by atoms with Gasteiger partial charge in [-0.25, -0.2) is 4.79 Å². The molecule has 1 atom stereocenters. The van der Waals surface area contributed by atoms with E-state index < -0.39 is 0 Å². The minimum absolute atomic E-state index is 0.219. The highest BCUT2D eigenvalue weighted by atomic mass is 16.5. The highest BCUT2D eigenvalue weighted by molar-refractivity contribution is 6.16. The van der Waals surface area contributed by atoms with Gasteiger partial charge in [-0.15, -0.1) is 0 Å². The van der Waals surface area contributed by atoms with Crippen LogP contribution in [0, 0.1) is 0 Å². The zero-order valence-corrected chi connectivity index (χ0v) is 8.64. The lowest BCUT2D eigenvalue weighted by Crippen LogP contribution is -2.17. The van der Waals surface area contributed by atoms with Crippen molar-refractivity contribution in [2.45, 2.75) is 19.4 Å². The molecule has 1 aliphatic rings. The summed E-state index contributed by atoms with van der Waals surface area (Å²) in [5.41, 5.74) is 2.11. The molecule has 0 spiro atoms. The summed E-state index contributed by atoms with van der Waals surface area (Å²) in [6.45, 7) is 2.22. The fraction of sp³-hybridized carbons (Fsp3) is 0.333. The maximum Gasteiger partial charge on any atom is 0.336 e. The molecule has 0 saturated heterocycles. The van der Waals surface area contributed by atoms with Gasteiger partial charge in [-0.05, 0) is 12.5 Å². The van der Waals surface area contributed by atoms with Gasteiger partial charge in [-0.3, -0.25) is 4.99 Å². The van der Waals surface area contributed by atoms with Gasteiger partial charge in [0.25, 0.3) is 0 Å². The molecule has 0 aromatic heterocycles. The van der Waals surface area contributed by atoms with Crippen LogP contribution in [0.15, 0.2) is 35.3 Å². The fourth-order valence-electron chi connectivity index (χ4n) is 1.49. The number of rotatable bonds is 4. The molecule has 0 bridgehead atoms. The van der Waals surface area contributed by atoms with Gasteiger partial charge in [0.2, 0.25) is 0 Å². The maximum atomic E-state index is 11.3. The van der Waals surface area contributed by atoms with Gasteiger partial charge >= 0.3 is 5.97 Å². The van der Waals surface area contributed by atoms with Crippen molar-refractivity contribution in [2.24, 2.45) is 4.99 Å². The smallest absolute Gasteiger partial charge is 0.336 e. The number of carbonyl (C=O) groups excluding carboxylic acids is 1. The van der Waals surface area contributed by atoms with Gasteiger partial charge in [-0.2, -0.15) is 0 Å². The Kier molecular flexibility index (Phi) is 2.81. The van der Waals surface area contributed by atoms with Crippen molar-refractivity contribution >= 4 is 11.7 Å². The lowest BCUT2D eigenvalue weighted by Gasteiger charge is -1.98. The van der Waals surface area contributed by atoms with Crippen LogP contribution >= 0.6 is 0 Å². The van der Waals surface area contributed by atoms with Gasteiger partial charge < -0.3 is 4.74 Å². The van der Waals surface area contributed by atoms with Gasteiger partial charge in [0.05, 0.1) is 12.3 Å². The number of benzene rings is 1. The Morgan fingerprint density at radius 3 is 2.80 bits per heavy atom. The summed E-state index contributed by atoms with van der Waals surface area (Å²) < 4.78 is 4.88. The molecule has 0 saturated carbocycles. The van der Waals surface area contributed by atoms with Gasteiger partial charge in [-0.1, -0.05) is 30.3 Å². The second-order valence-corrected chi connectivity index (χ2v) is 3.44. The third kappa shape index (κ3) is 2.43. The maximum absolute atomic E-state index is 11.3. The molecule has 0 amide bonds. The van der Waals surface area contributed by atoms with Crippen LogP contribution in [0.25, 0.3) is 0 Å². The van der Waals surface area contributed by atoms with E-state index in [0.29, 0.717) is 6.61 Å². The summed E-state index contributed by atoms with van der Waals surface area (Å²) >= 11 is 0. The molecule has 1 aliphatic heterocycles. The van der Waals surface area contributed by atoms with Crippen LogP contribution in [0.5, 0.6) is 0 Å². The average molecular weight is 203 g/mol. The number of hydrogen-bond donors (Lipinski definition) is 0. The summed E-state index contributed by atoms with van der Waals surface area (Å²) in [6, 6.07) is 9.70. The van der Waals surface area contributed by atoms with Crippen LogP contribution in [-0.2, 0) is 16.0 Å². The Bertz CT molecular complexity index is 384. The van der Waals surface area contributed by atoms with E-state index >= 15 is 0 Å². The molecule has 2 rings (SSSR count). The number of nitrogens with zero attached hydrogens (tertiary/aromatic N) is 1. The molecular formula is C12H13NO2. The molecule has 1 heterocycles. The van der Waals surface area contributed by atoms with Crippen molar-refractivity contribution in [3.63, 3.8) is 0 Å². The quantitative estimate of drug-likeness (QED) is 0.697. The fourth-order valence-corrected chi connectivity index (χ4v) is 1.49.